The van der Waals surface area contributed by atoms with Gasteiger partial charge in [-0.25, -0.2) is 4.39 Å². The summed E-state index contributed by atoms with van der Waals surface area (Å²) in [6.45, 7) is 1.83. The highest BCUT2D eigenvalue weighted by atomic mass is 35.5. The number of rotatable bonds is 3. The van der Waals surface area contributed by atoms with Crippen LogP contribution in [0.25, 0.3) is 0 Å². The summed E-state index contributed by atoms with van der Waals surface area (Å²) in [5, 5.41) is 5.54. The molecule has 0 saturated heterocycles. The second-order valence-corrected chi connectivity index (χ2v) is 4.61. The Kier molecular flexibility index (Phi) is 4.20. The SMILES string of the molecule is CNc1cc(C)ncc1C(=O)Nc1ccc(Cl)c(F)c1. The van der Waals surface area contributed by atoms with Gasteiger partial charge in [0, 0.05) is 24.6 Å². The molecule has 0 spiro atoms. The van der Waals surface area contributed by atoms with E-state index in [1.807, 2.05) is 6.92 Å². The number of carbonyl (C=O) groups excluding carboxylic acids is 1. The zero-order valence-corrected chi connectivity index (χ0v) is 11.8. The van der Waals surface area contributed by atoms with Crippen molar-refractivity contribution in [2.45, 2.75) is 6.92 Å². The average molecular weight is 294 g/mol. The summed E-state index contributed by atoms with van der Waals surface area (Å²) < 4.78 is 13.3. The minimum Gasteiger partial charge on any atom is -0.387 e. The Bertz CT molecular complexity index is 661. The van der Waals surface area contributed by atoms with Gasteiger partial charge in [0.2, 0.25) is 0 Å². The van der Waals surface area contributed by atoms with Crippen LogP contribution in [0.4, 0.5) is 15.8 Å². The molecule has 0 aliphatic heterocycles. The van der Waals surface area contributed by atoms with Crippen LogP contribution in [0.15, 0.2) is 30.5 Å². The highest BCUT2D eigenvalue weighted by Gasteiger charge is 2.12. The van der Waals surface area contributed by atoms with E-state index in [0.717, 1.165) is 5.69 Å². The predicted octanol–water partition coefficient (Wildman–Crippen LogP) is 3.48. The maximum absolute atomic E-state index is 13.3. The number of nitrogens with zero attached hydrogens (tertiary/aromatic N) is 1. The molecule has 0 saturated carbocycles. The van der Waals surface area contributed by atoms with Crippen LogP contribution >= 0.6 is 11.6 Å². The van der Waals surface area contributed by atoms with Gasteiger partial charge in [-0.2, -0.15) is 0 Å². The summed E-state index contributed by atoms with van der Waals surface area (Å²) in [5.74, 6) is -0.955. The summed E-state index contributed by atoms with van der Waals surface area (Å²) in [6.07, 6.45) is 1.47. The molecule has 0 bridgehead atoms. The molecular formula is C14H13ClFN3O. The minimum atomic E-state index is -0.583. The van der Waals surface area contributed by atoms with Crippen LogP contribution in [-0.4, -0.2) is 17.9 Å². The maximum Gasteiger partial charge on any atom is 0.259 e. The first-order chi connectivity index (χ1) is 9.51. The number of amides is 1. The Labute approximate surface area is 121 Å². The van der Waals surface area contributed by atoms with E-state index in [1.54, 1.807) is 13.1 Å². The van der Waals surface area contributed by atoms with Crippen molar-refractivity contribution in [1.82, 2.24) is 4.98 Å². The monoisotopic (exact) mass is 293 g/mol. The summed E-state index contributed by atoms with van der Waals surface area (Å²) in [5.41, 5.74) is 2.17. The van der Waals surface area contributed by atoms with Gasteiger partial charge in [-0.15, -0.1) is 0 Å². The van der Waals surface area contributed by atoms with E-state index >= 15 is 0 Å². The molecule has 0 aliphatic carbocycles. The molecule has 0 aliphatic rings. The molecule has 0 atom stereocenters. The topological polar surface area (TPSA) is 54.0 Å². The molecule has 1 aromatic heterocycles. The molecule has 0 radical (unpaired) electrons. The van der Waals surface area contributed by atoms with Gasteiger partial charge in [0.15, 0.2) is 0 Å². The minimum absolute atomic E-state index is 0.0101. The van der Waals surface area contributed by atoms with Crippen molar-refractivity contribution in [3.63, 3.8) is 0 Å². The fourth-order valence-corrected chi connectivity index (χ4v) is 1.84. The molecule has 6 heteroatoms. The van der Waals surface area contributed by atoms with Crippen molar-refractivity contribution < 1.29 is 9.18 Å². The number of aromatic nitrogens is 1. The van der Waals surface area contributed by atoms with E-state index in [2.05, 4.69) is 15.6 Å². The zero-order chi connectivity index (χ0) is 14.7. The molecule has 2 aromatic rings. The van der Waals surface area contributed by atoms with Crippen molar-refractivity contribution in [3.05, 3.63) is 52.6 Å². The fraction of sp³-hybridized carbons (Fsp3) is 0.143. The highest BCUT2D eigenvalue weighted by Crippen LogP contribution is 2.21. The molecule has 104 valence electrons. The van der Waals surface area contributed by atoms with E-state index in [0.29, 0.717) is 16.9 Å². The Morgan fingerprint density at radius 1 is 1.35 bits per heavy atom. The van der Waals surface area contributed by atoms with E-state index in [9.17, 15) is 9.18 Å². The van der Waals surface area contributed by atoms with E-state index in [4.69, 9.17) is 11.6 Å². The Hall–Kier alpha value is -2.14. The normalized spacial score (nSPS) is 10.2. The first kappa shape index (κ1) is 14.3. The Morgan fingerprint density at radius 2 is 2.10 bits per heavy atom. The summed E-state index contributed by atoms with van der Waals surface area (Å²) in [4.78, 5) is 16.2. The van der Waals surface area contributed by atoms with Gasteiger partial charge < -0.3 is 10.6 Å². The van der Waals surface area contributed by atoms with E-state index in [-0.39, 0.29) is 10.9 Å². The van der Waals surface area contributed by atoms with Gasteiger partial charge in [-0.1, -0.05) is 11.6 Å². The standard InChI is InChI=1S/C14H13ClFN3O/c1-8-5-13(17-2)10(7-18-8)14(20)19-9-3-4-11(15)12(16)6-9/h3-7H,1-2H3,(H,17,18)(H,19,20). The maximum atomic E-state index is 13.3. The third kappa shape index (κ3) is 3.05. The van der Waals surface area contributed by atoms with Crippen LogP contribution in [0, 0.1) is 12.7 Å². The average Bonchev–Trinajstić information content (AvgIpc) is 2.42. The largest absolute Gasteiger partial charge is 0.387 e. The van der Waals surface area contributed by atoms with Crippen LogP contribution in [0.5, 0.6) is 0 Å². The van der Waals surface area contributed by atoms with Crippen molar-refractivity contribution in [1.29, 1.82) is 0 Å². The van der Waals surface area contributed by atoms with Gasteiger partial charge >= 0.3 is 0 Å². The molecule has 1 heterocycles. The Balaban J connectivity index is 2.25. The van der Waals surface area contributed by atoms with Gasteiger partial charge in [0.1, 0.15) is 5.82 Å². The quantitative estimate of drug-likeness (QED) is 0.911. The third-order valence-electron chi connectivity index (χ3n) is 2.73. The number of hydrogen-bond acceptors (Lipinski definition) is 3. The summed E-state index contributed by atoms with van der Waals surface area (Å²) >= 11 is 5.59. The number of benzene rings is 1. The first-order valence-electron chi connectivity index (χ1n) is 5.92. The second-order valence-electron chi connectivity index (χ2n) is 4.20. The molecule has 1 amide bonds. The lowest BCUT2D eigenvalue weighted by Crippen LogP contribution is -2.14. The first-order valence-corrected chi connectivity index (χ1v) is 6.30. The van der Waals surface area contributed by atoms with Gasteiger partial charge in [-0.3, -0.25) is 9.78 Å². The van der Waals surface area contributed by atoms with Crippen LogP contribution in [0.3, 0.4) is 0 Å². The summed E-state index contributed by atoms with van der Waals surface area (Å²) in [7, 11) is 1.72. The number of carbonyl (C=O) groups is 1. The van der Waals surface area contributed by atoms with Crippen LogP contribution < -0.4 is 10.6 Å². The van der Waals surface area contributed by atoms with E-state index in [1.165, 1.54) is 24.4 Å². The van der Waals surface area contributed by atoms with E-state index < -0.39 is 5.82 Å². The smallest absolute Gasteiger partial charge is 0.259 e. The molecule has 0 fully saturated rings. The molecule has 1 aromatic carbocycles. The lowest BCUT2D eigenvalue weighted by atomic mass is 10.2. The zero-order valence-electron chi connectivity index (χ0n) is 11.0. The lowest BCUT2D eigenvalue weighted by molar-refractivity contribution is 0.102. The second kappa shape index (κ2) is 5.88. The highest BCUT2D eigenvalue weighted by molar-refractivity contribution is 6.30. The molecule has 2 rings (SSSR count). The molecule has 2 N–H and O–H groups in total. The lowest BCUT2D eigenvalue weighted by Gasteiger charge is -2.10. The van der Waals surface area contributed by atoms with Gasteiger partial charge in [0.05, 0.1) is 16.3 Å². The Morgan fingerprint density at radius 3 is 2.75 bits per heavy atom. The van der Waals surface area contributed by atoms with Crippen molar-refractivity contribution in [2.75, 3.05) is 17.7 Å². The molecular weight excluding hydrogens is 281 g/mol. The van der Waals surface area contributed by atoms with Gasteiger partial charge in [-0.05, 0) is 31.2 Å². The summed E-state index contributed by atoms with van der Waals surface area (Å²) in [6, 6.07) is 5.85. The van der Waals surface area contributed by atoms with Crippen LogP contribution in [0.1, 0.15) is 16.1 Å². The number of pyridine rings is 1. The van der Waals surface area contributed by atoms with Crippen LogP contribution in [0.2, 0.25) is 5.02 Å². The predicted molar refractivity (Wildman–Crippen MR) is 77.9 cm³/mol. The van der Waals surface area contributed by atoms with Crippen molar-refractivity contribution in [3.8, 4) is 0 Å². The molecule has 0 unspecified atom stereocenters. The van der Waals surface area contributed by atoms with Gasteiger partial charge in [0.25, 0.3) is 5.91 Å². The number of halogens is 2. The third-order valence-corrected chi connectivity index (χ3v) is 3.04. The number of aryl methyl sites for hydroxylation is 1. The molecule has 20 heavy (non-hydrogen) atoms. The van der Waals surface area contributed by atoms with Crippen LogP contribution in [-0.2, 0) is 0 Å². The number of nitrogens with one attached hydrogen (secondary N) is 2. The van der Waals surface area contributed by atoms with Crippen molar-refractivity contribution >= 4 is 28.9 Å². The number of anilines is 2. The number of hydrogen-bond donors (Lipinski definition) is 2. The van der Waals surface area contributed by atoms with Crippen molar-refractivity contribution in [2.24, 2.45) is 0 Å². The molecule has 4 nitrogen and oxygen atoms in total. The fourth-order valence-electron chi connectivity index (χ4n) is 1.72.